The van der Waals surface area contributed by atoms with Crippen molar-refractivity contribution in [3.63, 3.8) is 0 Å². The van der Waals surface area contributed by atoms with E-state index in [2.05, 4.69) is 9.97 Å². The Bertz CT molecular complexity index is 519. The van der Waals surface area contributed by atoms with Gasteiger partial charge in [-0.3, -0.25) is 0 Å². The first-order valence-electron chi connectivity index (χ1n) is 5.29. The van der Waals surface area contributed by atoms with Crippen molar-refractivity contribution >= 4 is 23.1 Å². The lowest BCUT2D eigenvalue weighted by Gasteiger charge is -2.03. The predicted octanol–water partition coefficient (Wildman–Crippen LogP) is 2.28. The molecule has 0 aromatic carbocycles. The predicted molar refractivity (Wildman–Crippen MR) is 70.3 cm³/mol. The van der Waals surface area contributed by atoms with E-state index < -0.39 is 0 Å². The van der Waals surface area contributed by atoms with Crippen LogP contribution >= 0.6 is 23.1 Å². The number of hydrogen-bond acceptors (Lipinski definition) is 5. The minimum absolute atomic E-state index is 0.0305. The number of rotatable bonds is 4. The number of nitrogens with zero attached hydrogens (tertiary/aromatic N) is 3. The van der Waals surface area contributed by atoms with Gasteiger partial charge in [0.05, 0.1) is 29.2 Å². The molecule has 0 amide bonds. The Morgan fingerprint density at radius 1 is 1.47 bits per heavy atom. The molecule has 0 atom stereocenters. The third-order valence-corrected chi connectivity index (χ3v) is 4.86. The molecule has 2 aromatic heterocycles. The summed E-state index contributed by atoms with van der Waals surface area (Å²) >= 11 is 3.41. The number of aliphatic hydroxyl groups is 1. The molecule has 0 fully saturated rings. The van der Waals surface area contributed by atoms with Gasteiger partial charge in [0.15, 0.2) is 5.16 Å². The van der Waals surface area contributed by atoms with Crippen molar-refractivity contribution < 1.29 is 5.11 Å². The van der Waals surface area contributed by atoms with Gasteiger partial charge in [-0.25, -0.2) is 9.97 Å². The lowest BCUT2D eigenvalue weighted by molar-refractivity contribution is 0.271. The molecule has 0 aliphatic rings. The second kappa shape index (κ2) is 5.20. The molecule has 0 bridgehead atoms. The number of aliphatic hydroxyl groups excluding tert-OH is 1. The second-order valence-corrected chi connectivity index (χ2v) is 6.01. The third kappa shape index (κ3) is 2.70. The van der Waals surface area contributed by atoms with Gasteiger partial charge in [0.1, 0.15) is 0 Å². The van der Waals surface area contributed by atoms with Crippen LogP contribution < -0.4 is 0 Å². The highest BCUT2D eigenvalue weighted by molar-refractivity contribution is 7.98. The van der Waals surface area contributed by atoms with E-state index >= 15 is 0 Å². The molecule has 0 unspecified atom stereocenters. The number of thioether (sulfide) groups is 1. The molecular formula is C11H15N3OS2. The number of aryl methyl sites for hydroxylation is 2. The van der Waals surface area contributed by atoms with Gasteiger partial charge in [0.25, 0.3) is 0 Å². The van der Waals surface area contributed by atoms with Crippen LogP contribution in [0.5, 0.6) is 0 Å². The first-order valence-corrected chi connectivity index (χ1v) is 7.09. The molecule has 0 aliphatic carbocycles. The topological polar surface area (TPSA) is 50.9 Å². The summed E-state index contributed by atoms with van der Waals surface area (Å²) in [5.74, 6) is 0.882. The van der Waals surface area contributed by atoms with Crippen LogP contribution in [0.3, 0.4) is 0 Å². The van der Waals surface area contributed by atoms with E-state index in [9.17, 15) is 0 Å². The molecule has 2 aromatic rings. The summed E-state index contributed by atoms with van der Waals surface area (Å²) in [7, 11) is 1.92. The van der Waals surface area contributed by atoms with Crippen LogP contribution in [-0.2, 0) is 19.4 Å². The summed E-state index contributed by atoms with van der Waals surface area (Å²) in [5.41, 5.74) is 1.95. The number of imidazole rings is 1. The molecular weight excluding hydrogens is 254 g/mol. The van der Waals surface area contributed by atoms with Gasteiger partial charge in [-0.15, -0.1) is 11.3 Å². The van der Waals surface area contributed by atoms with E-state index in [4.69, 9.17) is 5.11 Å². The maximum atomic E-state index is 9.09. The monoisotopic (exact) mass is 269 g/mol. The van der Waals surface area contributed by atoms with Crippen molar-refractivity contribution in [2.75, 3.05) is 0 Å². The van der Waals surface area contributed by atoms with Crippen molar-refractivity contribution in [3.05, 3.63) is 27.5 Å². The zero-order chi connectivity index (χ0) is 12.4. The van der Waals surface area contributed by atoms with Crippen molar-refractivity contribution in [2.24, 2.45) is 7.05 Å². The average Bonchev–Trinajstić information content (AvgIpc) is 2.79. The normalized spacial score (nSPS) is 11.1. The smallest absolute Gasteiger partial charge is 0.168 e. The Hall–Kier alpha value is -0.850. The largest absolute Gasteiger partial charge is 0.390 e. The van der Waals surface area contributed by atoms with Crippen LogP contribution in [-0.4, -0.2) is 19.6 Å². The summed E-state index contributed by atoms with van der Waals surface area (Å²) in [5, 5.41) is 11.1. The molecule has 0 aliphatic heterocycles. The van der Waals surface area contributed by atoms with Gasteiger partial charge in [-0.1, -0.05) is 11.8 Å². The minimum Gasteiger partial charge on any atom is -0.390 e. The fourth-order valence-corrected chi connectivity index (χ4v) is 3.60. The van der Waals surface area contributed by atoms with Crippen molar-refractivity contribution in [2.45, 2.75) is 31.4 Å². The van der Waals surface area contributed by atoms with Crippen LogP contribution in [0, 0.1) is 13.8 Å². The highest BCUT2D eigenvalue weighted by atomic mass is 32.2. The molecule has 1 N–H and O–H groups in total. The van der Waals surface area contributed by atoms with Crippen LogP contribution in [0.4, 0.5) is 0 Å². The van der Waals surface area contributed by atoms with Gasteiger partial charge in [0.2, 0.25) is 0 Å². The van der Waals surface area contributed by atoms with Crippen LogP contribution in [0.2, 0.25) is 0 Å². The summed E-state index contributed by atoms with van der Waals surface area (Å²) in [6.45, 7) is 4.09. The molecule has 2 rings (SSSR count). The Labute approximate surface area is 109 Å². The maximum Gasteiger partial charge on any atom is 0.168 e. The molecule has 6 heteroatoms. The van der Waals surface area contributed by atoms with E-state index in [0.29, 0.717) is 0 Å². The van der Waals surface area contributed by atoms with E-state index in [-0.39, 0.29) is 6.61 Å². The Morgan fingerprint density at radius 2 is 2.24 bits per heavy atom. The fourth-order valence-electron chi connectivity index (χ4n) is 1.54. The molecule has 0 saturated heterocycles. The summed E-state index contributed by atoms with van der Waals surface area (Å²) in [6, 6.07) is 0. The van der Waals surface area contributed by atoms with Crippen LogP contribution in [0.1, 0.15) is 21.3 Å². The SMILES string of the molecule is Cc1nc(C)c(CSc2ncc(CO)n2C)s1. The average molecular weight is 269 g/mol. The van der Waals surface area contributed by atoms with E-state index in [1.807, 2.05) is 25.5 Å². The van der Waals surface area contributed by atoms with Gasteiger partial charge < -0.3 is 9.67 Å². The van der Waals surface area contributed by atoms with Gasteiger partial charge >= 0.3 is 0 Å². The molecule has 2 heterocycles. The van der Waals surface area contributed by atoms with Crippen molar-refractivity contribution in [1.29, 1.82) is 0 Å². The minimum atomic E-state index is 0.0305. The standard InChI is InChI=1S/C11H15N3OS2/c1-7-10(17-8(2)13-7)6-16-11-12-4-9(5-15)14(11)3/h4,15H,5-6H2,1-3H3. The first-order chi connectivity index (χ1) is 8.11. The summed E-state index contributed by atoms with van der Waals surface area (Å²) < 4.78 is 1.92. The Kier molecular flexibility index (Phi) is 3.86. The molecule has 0 saturated carbocycles. The maximum absolute atomic E-state index is 9.09. The van der Waals surface area contributed by atoms with Gasteiger partial charge in [0, 0.05) is 17.7 Å². The lowest BCUT2D eigenvalue weighted by Crippen LogP contribution is -1.97. The number of thiazole rings is 1. The lowest BCUT2D eigenvalue weighted by atomic mass is 10.4. The Morgan fingerprint density at radius 3 is 2.76 bits per heavy atom. The van der Waals surface area contributed by atoms with Crippen molar-refractivity contribution in [1.82, 2.24) is 14.5 Å². The molecule has 4 nitrogen and oxygen atoms in total. The van der Waals surface area contributed by atoms with E-state index in [0.717, 1.165) is 27.3 Å². The highest BCUT2D eigenvalue weighted by Gasteiger charge is 2.09. The van der Waals surface area contributed by atoms with E-state index in [1.54, 1.807) is 29.3 Å². The highest BCUT2D eigenvalue weighted by Crippen LogP contribution is 2.27. The molecule has 92 valence electrons. The molecule has 0 radical (unpaired) electrons. The second-order valence-electron chi connectivity index (χ2n) is 3.78. The van der Waals surface area contributed by atoms with Crippen LogP contribution in [0.25, 0.3) is 0 Å². The number of aromatic nitrogens is 3. The van der Waals surface area contributed by atoms with Crippen molar-refractivity contribution in [3.8, 4) is 0 Å². The molecule has 0 spiro atoms. The summed E-state index contributed by atoms with van der Waals surface area (Å²) in [6.07, 6.45) is 1.72. The zero-order valence-corrected chi connectivity index (χ0v) is 11.7. The first kappa shape index (κ1) is 12.6. The molecule has 17 heavy (non-hydrogen) atoms. The zero-order valence-electron chi connectivity index (χ0n) is 10.1. The fraction of sp³-hybridized carbons (Fsp3) is 0.455. The van der Waals surface area contributed by atoms with Crippen LogP contribution in [0.15, 0.2) is 11.4 Å². The third-order valence-electron chi connectivity index (χ3n) is 2.54. The number of hydrogen-bond donors (Lipinski definition) is 1. The quantitative estimate of drug-likeness (QED) is 0.865. The van der Waals surface area contributed by atoms with E-state index in [1.165, 1.54) is 4.88 Å². The summed E-state index contributed by atoms with van der Waals surface area (Å²) in [4.78, 5) is 9.99. The van der Waals surface area contributed by atoms with Gasteiger partial charge in [-0.2, -0.15) is 0 Å². The van der Waals surface area contributed by atoms with Gasteiger partial charge in [-0.05, 0) is 13.8 Å². The Balaban J connectivity index is 2.07.